The Hall–Kier alpha value is -2.36. The van der Waals surface area contributed by atoms with Crippen molar-refractivity contribution in [2.24, 2.45) is 0 Å². The molecule has 0 unspecified atom stereocenters. The van der Waals surface area contributed by atoms with Gasteiger partial charge in [-0.15, -0.1) is 0 Å². The van der Waals surface area contributed by atoms with E-state index in [1.165, 1.54) is 0 Å². The van der Waals surface area contributed by atoms with Crippen LogP contribution in [0.5, 0.6) is 23.0 Å². The number of rotatable bonds is 9. The molecule has 142 valence electrons. The summed E-state index contributed by atoms with van der Waals surface area (Å²) in [6.07, 6.45) is 2.59. The molecule has 2 aromatic rings. The topological polar surface area (TPSA) is 58.9 Å². The lowest BCUT2D eigenvalue weighted by Gasteiger charge is -2.33. The van der Waals surface area contributed by atoms with Gasteiger partial charge in [-0.3, -0.25) is 0 Å². The number of phenolic OH excluding ortho intramolecular Hbond substituents is 2. The van der Waals surface area contributed by atoms with E-state index in [0.29, 0.717) is 24.7 Å². The Labute approximate surface area is 156 Å². The van der Waals surface area contributed by atoms with Gasteiger partial charge in [0.1, 0.15) is 23.0 Å². The Bertz CT molecular complexity index is 667. The highest BCUT2D eigenvalue weighted by Crippen LogP contribution is 2.45. The molecule has 0 heterocycles. The summed E-state index contributed by atoms with van der Waals surface area (Å²) in [6, 6.07) is 10.6. The van der Waals surface area contributed by atoms with Crippen LogP contribution in [0.25, 0.3) is 0 Å². The Morgan fingerprint density at radius 1 is 0.769 bits per heavy atom. The second-order valence-electron chi connectivity index (χ2n) is 6.74. The molecule has 2 aromatic carbocycles. The monoisotopic (exact) mass is 358 g/mol. The van der Waals surface area contributed by atoms with Gasteiger partial charge >= 0.3 is 0 Å². The van der Waals surface area contributed by atoms with Gasteiger partial charge in [-0.25, -0.2) is 0 Å². The van der Waals surface area contributed by atoms with E-state index >= 15 is 0 Å². The van der Waals surface area contributed by atoms with E-state index < -0.39 is 0 Å². The summed E-state index contributed by atoms with van der Waals surface area (Å²) in [6.45, 7) is 9.54. The first-order valence-electron chi connectivity index (χ1n) is 9.38. The van der Waals surface area contributed by atoms with Crippen molar-refractivity contribution in [3.8, 4) is 23.0 Å². The molecule has 0 amide bonds. The van der Waals surface area contributed by atoms with Crippen molar-refractivity contribution in [3.63, 3.8) is 0 Å². The molecule has 0 spiro atoms. The maximum absolute atomic E-state index is 9.92. The number of benzene rings is 2. The van der Waals surface area contributed by atoms with E-state index in [1.54, 1.807) is 24.3 Å². The van der Waals surface area contributed by atoms with Crippen LogP contribution in [0, 0.1) is 0 Å². The highest BCUT2D eigenvalue weighted by Gasteiger charge is 2.33. The summed E-state index contributed by atoms with van der Waals surface area (Å²) in [4.78, 5) is 0. The maximum Gasteiger partial charge on any atom is 0.127 e. The van der Waals surface area contributed by atoms with Crippen molar-refractivity contribution >= 4 is 0 Å². The average Bonchev–Trinajstić information content (AvgIpc) is 2.64. The molecule has 0 aliphatic heterocycles. The summed E-state index contributed by atoms with van der Waals surface area (Å²) in [5, 5.41) is 19.8. The first kappa shape index (κ1) is 20.0. The number of phenols is 2. The number of ether oxygens (including phenoxy) is 2. The Kier molecular flexibility index (Phi) is 6.78. The third-order valence-corrected chi connectivity index (χ3v) is 4.75. The highest BCUT2D eigenvalue weighted by molar-refractivity contribution is 5.54. The van der Waals surface area contributed by atoms with Crippen molar-refractivity contribution < 1.29 is 19.7 Å². The molecule has 4 nitrogen and oxygen atoms in total. The average molecular weight is 358 g/mol. The molecule has 0 saturated carbocycles. The van der Waals surface area contributed by atoms with Gasteiger partial charge in [-0.2, -0.15) is 0 Å². The third kappa shape index (κ3) is 4.24. The van der Waals surface area contributed by atoms with Gasteiger partial charge in [0.05, 0.1) is 13.2 Å². The van der Waals surface area contributed by atoms with Gasteiger partial charge < -0.3 is 19.7 Å². The van der Waals surface area contributed by atoms with Crippen LogP contribution >= 0.6 is 0 Å². The van der Waals surface area contributed by atoms with Crippen molar-refractivity contribution in [1.29, 1.82) is 0 Å². The first-order chi connectivity index (χ1) is 12.5. The van der Waals surface area contributed by atoms with Crippen LogP contribution in [0.2, 0.25) is 0 Å². The molecule has 0 atom stereocenters. The molecule has 4 heteroatoms. The molecule has 0 fully saturated rings. The fourth-order valence-corrected chi connectivity index (χ4v) is 3.12. The van der Waals surface area contributed by atoms with Gasteiger partial charge in [0, 0.05) is 28.7 Å². The number of hydrogen-bond acceptors (Lipinski definition) is 4. The minimum atomic E-state index is -0.381. The van der Waals surface area contributed by atoms with E-state index in [9.17, 15) is 10.2 Å². The molecule has 26 heavy (non-hydrogen) atoms. The summed E-state index contributed by atoms with van der Waals surface area (Å²) in [5.74, 6) is 1.74. The molecule has 0 aromatic heterocycles. The molecule has 0 bridgehead atoms. The van der Waals surface area contributed by atoms with Crippen LogP contribution < -0.4 is 9.47 Å². The number of hydrogen-bond donors (Lipinski definition) is 2. The van der Waals surface area contributed by atoms with Gasteiger partial charge in [-0.05, 0) is 31.4 Å². The zero-order valence-electron chi connectivity index (χ0n) is 16.2. The van der Waals surface area contributed by atoms with Crippen molar-refractivity contribution in [3.05, 3.63) is 47.5 Å². The Balaban J connectivity index is 2.58. The van der Waals surface area contributed by atoms with Crippen molar-refractivity contribution in [1.82, 2.24) is 0 Å². The lowest BCUT2D eigenvalue weighted by atomic mass is 9.73. The summed E-state index contributed by atoms with van der Waals surface area (Å²) in [7, 11) is 0. The zero-order chi connectivity index (χ0) is 19.2. The predicted octanol–water partition coefficient (Wildman–Crippen LogP) is 5.39. The summed E-state index contributed by atoms with van der Waals surface area (Å²) >= 11 is 0. The van der Waals surface area contributed by atoms with E-state index in [-0.39, 0.29) is 16.9 Å². The third-order valence-electron chi connectivity index (χ3n) is 4.75. The molecule has 0 aliphatic rings. The normalized spacial score (nSPS) is 11.4. The van der Waals surface area contributed by atoms with E-state index in [1.807, 2.05) is 12.1 Å². The van der Waals surface area contributed by atoms with Gasteiger partial charge in [0.25, 0.3) is 0 Å². The Morgan fingerprint density at radius 3 is 1.54 bits per heavy atom. The van der Waals surface area contributed by atoms with Crippen LogP contribution in [-0.4, -0.2) is 23.4 Å². The van der Waals surface area contributed by atoms with Crippen molar-refractivity contribution in [2.45, 2.75) is 52.4 Å². The summed E-state index contributed by atoms with van der Waals surface area (Å²) in [5.41, 5.74) is 1.62. The first-order valence-corrected chi connectivity index (χ1v) is 9.38. The van der Waals surface area contributed by atoms with Crippen LogP contribution in [0.15, 0.2) is 36.4 Å². The fraction of sp³-hybridized carbons (Fsp3) is 0.455. The lowest BCUT2D eigenvalue weighted by molar-refractivity contribution is 0.297. The van der Waals surface area contributed by atoms with Crippen LogP contribution in [-0.2, 0) is 5.41 Å². The van der Waals surface area contributed by atoms with Crippen molar-refractivity contribution in [2.75, 3.05) is 13.2 Å². The minimum absolute atomic E-state index is 0.187. The molecule has 0 saturated heterocycles. The predicted molar refractivity (Wildman–Crippen MR) is 105 cm³/mol. The Morgan fingerprint density at radius 2 is 1.19 bits per heavy atom. The zero-order valence-corrected chi connectivity index (χ0v) is 16.2. The van der Waals surface area contributed by atoms with Crippen LogP contribution in [0.3, 0.4) is 0 Å². The quantitative estimate of drug-likeness (QED) is 0.631. The SMILES string of the molecule is CCCOc1cc(O)ccc1C(C)(CC)c1ccc(O)cc1OCCC. The van der Waals surface area contributed by atoms with Gasteiger partial charge in [0.15, 0.2) is 0 Å². The highest BCUT2D eigenvalue weighted by atomic mass is 16.5. The minimum Gasteiger partial charge on any atom is -0.508 e. The fourth-order valence-electron chi connectivity index (χ4n) is 3.12. The lowest BCUT2D eigenvalue weighted by Crippen LogP contribution is -2.25. The van der Waals surface area contributed by atoms with Gasteiger partial charge in [-0.1, -0.05) is 39.8 Å². The largest absolute Gasteiger partial charge is 0.508 e. The molecule has 2 N–H and O–H groups in total. The van der Waals surface area contributed by atoms with E-state index in [4.69, 9.17) is 9.47 Å². The molecular formula is C22H30O4. The molecular weight excluding hydrogens is 328 g/mol. The maximum atomic E-state index is 9.92. The number of aromatic hydroxyl groups is 2. The molecule has 0 radical (unpaired) electrons. The second-order valence-corrected chi connectivity index (χ2v) is 6.74. The standard InChI is InChI=1S/C22H30O4/c1-5-12-25-20-14-16(23)8-10-18(20)22(4,7-3)19-11-9-17(24)15-21(19)26-13-6-2/h8-11,14-15,23-24H,5-7,12-13H2,1-4H3. The van der Waals surface area contributed by atoms with E-state index in [0.717, 1.165) is 30.4 Å². The van der Waals surface area contributed by atoms with Gasteiger partial charge in [0.2, 0.25) is 0 Å². The molecule has 2 rings (SSSR count). The van der Waals surface area contributed by atoms with Crippen LogP contribution in [0.4, 0.5) is 0 Å². The summed E-state index contributed by atoms with van der Waals surface area (Å²) < 4.78 is 11.9. The van der Waals surface area contributed by atoms with Crippen LogP contribution in [0.1, 0.15) is 58.1 Å². The van der Waals surface area contributed by atoms with E-state index in [2.05, 4.69) is 27.7 Å². The second kappa shape index (κ2) is 8.84. The molecule has 0 aliphatic carbocycles. The smallest absolute Gasteiger partial charge is 0.127 e.